The van der Waals surface area contributed by atoms with E-state index in [9.17, 15) is 9.59 Å². The van der Waals surface area contributed by atoms with Crippen molar-refractivity contribution in [3.05, 3.63) is 37.3 Å². The second kappa shape index (κ2) is 3.67. The molecule has 4 rings (SSSR count). The van der Waals surface area contributed by atoms with Crippen LogP contribution >= 0.6 is 11.3 Å². The number of aromatic amines is 3. The van der Waals surface area contributed by atoms with Crippen molar-refractivity contribution < 1.29 is 0 Å². The summed E-state index contributed by atoms with van der Waals surface area (Å²) in [5.41, 5.74) is 1.01. The Bertz CT molecular complexity index is 877. The number of nitrogens with one attached hydrogen (secondary N) is 3. The third kappa shape index (κ3) is 1.58. The van der Waals surface area contributed by atoms with E-state index in [1.54, 1.807) is 11.3 Å². The van der Waals surface area contributed by atoms with Crippen molar-refractivity contribution in [2.75, 3.05) is 0 Å². The molecule has 1 aliphatic carbocycles. The third-order valence-electron chi connectivity index (χ3n) is 3.37. The van der Waals surface area contributed by atoms with E-state index in [4.69, 9.17) is 0 Å². The standard InChI is InChI=1S/C12H10N4O2S/c17-11-8-10(15-12(18)16-11)14-9(13-8)7-4-5-2-1-3-6(5)19-7/h4H,1-3H2,(H3,13,14,15,16,17,18). The fraction of sp³-hybridized carbons (Fsp3) is 0.250. The molecule has 0 radical (unpaired) electrons. The maximum Gasteiger partial charge on any atom is 0.327 e. The van der Waals surface area contributed by atoms with Crippen molar-refractivity contribution in [3.63, 3.8) is 0 Å². The second-order valence-electron chi connectivity index (χ2n) is 4.63. The van der Waals surface area contributed by atoms with Crippen LogP contribution in [0.1, 0.15) is 16.9 Å². The Morgan fingerprint density at radius 2 is 2.05 bits per heavy atom. The Kier molecular flexibility index (Phi) is 2.08. The monoisotopic (exact) mass is 274 g/mol. The van der Waals surface area contributed by atoms with E-state index in [-0.39, 0.29) is 0 Å². The summed E-state index contributed by atoms with van der Waals surface area (Å²) >= 11 is 1.70. The number of fused-ring (bicyclic) bond motifs is 2. The van der Waals surface area contributed by atoms with Crippen LogP contribution in [0.25, 0.3) is 21.9 Å². The number of hydrogen-bond donors (Lipinski definition) is 3. The molecule has 3 N–H and O–H groups in total. The normalized spacial score (nSPS) is 14.1. The lowest BCUT2D eigenvalue weighted by atomic mass is 10.2. The molecule has 0 fully saturated rings. The van der Waals surface area contributed by atoms with E-state index in [0.717, 1.165) is 17.7 Å². The van der Waals surface area contributed by atoms with Gasteiger partial charge in [-0.2, -0.15) is 0 Å². The molecule has 0 spiro atoms. The van der Waals surface area contributed by atoms with Crippen molar-refractivity contribution in [1.82, 2.24) is 19.9 Å². The van der Waals surface area contributed by atoms with Crippen LogP contribution in [-0.2, 0) is 12.8 Å². The average molecular weight is 274 g/mol. The highest BCUT2D eigenvalue weighted by Gasteiger charge is 2.18. The van der Waals surface area contributed by atoms with Gasteiger partial charge in [0, 0.05) is 4.88 Å². The van der Waals surface area contributed by atoms with E-state index in [0.29, 0.717) is 17.0 Å². The molecule has 0 bridgehead atoms. The number of imidazole rings is 1. The van der Waals surface area contributed by atoms with Crippen LogP contribution in [-0.4, -0.2) is 19.9 Å². The summed E-state index contributed by atoms with van der Waals surface area (Å²) in [6.07, 6.45) is 3.45. The second-order valence-corrected chi connectivity index (χ2v) is 5.77. The molecule has 7 heteroatoms. The Labute approximate surface area is 110 Å². The summed E-state index contributed by atoms with van der Waals surface area (Å²) in [7, 11) is 0. The van der Waals surface area contributed by atoms with Gasteiger partial charge in [-0.3, -0.25) is 14.8 Å². The first-order valence-electron chi connectivity index (χ1n) is 6.05. The Morgan fingerprint density at radius 3 is 2.89 bits per heavy atom. The number of rotatable bonds is 1. The maximum absolute atomic E-state index is 11.6. The van der Waals surface area contributed by atoms with Crippen molar-refractivity contribution >= 4 is 22.5 Å². The third-order valence-corrected chi connectivity index (χ3v) is 4.61. The molecule has 6 nitrogen and oxygen atoms in total. The zero-order valence-electron chi connectivity index (χ0n) is 9.87. The van der Waals surface area contributed by atoms with Crippen molar-refractivity contribution in [3.8, 4) is 10.7 Å². The molecule has 0 unspecified atom stereocenters. The van der Waals surface area contributed by atoms with Gasteiger partial charge in [0.25, 0.3) is 5.56 Å². The largest absolute Gasteiger partial charge is 0.331 e. The van der Waals surface area contributed by atoms with Gasteiger partial charge in [-0.05, 0) is 30.9 Å². The first kappa shape index (κ1) is 10.7. The zero-order valence-corrected chi connectivity index (χ0v) is 10.7. The van der Waals surface area contributed by atoms with Gasteiger partial charge in [-0.15, -0.1) is 11.3 Å². The van der Waals surface area contributed by atoms with Gasteiger partial charge in [0.15, 0.2) is 11.5 Å². The lowest BCUT2D eigenvalue weighted by Gasteiger charge is -1.89. The minimum atomic E-state index is -0.538. The predicted molar refractivity (Wildman–Crippen MR) is 72.7 cm³/mol. The fourth-order valence-electron chi connectivity index (χ4n) is 2.49. The fourth-order valence-corrected chi connectivity index (χ4v) is 3.69. The van der Waals surface area contributed by atoms with Gasteiger partial charge in [0.1, 0.15) is 5.52 Å². The molecule has 1 aliphatic rings. The average Bonchev–Trinajstić information content (AvgIpc) is 2.98. The van der Waals surface area contributed by atoms with Crippen LogP contribution in [0.3, 0.4) is 0 Å². The minimum Gasteiger partial charge on any atom is -0.331 e. The number of aryl methyl sites for hydroxylation is 2. The van der Waals surface area contributed by atoms with Crippen LogP contribution in [0.4, 0.5) is 0 Å². The summed E-state index contributed by atoms with van der Waals surface area (Å²) in [6.45, 7) is 0. The van der Waals surface area contributed by atoms with Crippen LogP contribution in [0.2, 0.25) is 0 Å². The molecule has 0 atom stereocenters. The van der Waals surface area contributed by atoms with Gasteiger partial charge in [-0.1, -0.05) is 0 Å². The molecule has 3 heterocycles. The molecule has 3 aromatic heterocycles. The number of nitrogens with zero attached hydrogens (tertiary/aromatic N) is 1. The minimum absolute atomic E-state index is 0.303. The summed E-state index contributed by atoms with van der Waals surface area (Å²) < 4.78 is 0. The molecular weight excluding hydrogens is 264 g/mol. The molecular formula is C12H10N4O2S. The first-order valence-corrected chi connectivity index (χ1v) is 6.86. The van der Waals surface area contributed by atoms with E-state index in [1.807, 2.05) is 0 Å². The molecule has 19 heavy (non-hydrogen) atoms. The lowest BCUT2D eigenvalue weighted by molar-refractivity contribution is 0.915. The van der Waals surface area contributed by atoms with Gasteiger partial charge in [-0.25, -0.2) is 9.78 Å². The lowest BCUT2D eigenvalue weighted by Crippen LogP contribution is -2.21. The molecule has 0 saturated carbocycles. The molecule has 3 aromatic rings. The Morgan fingerprint density at radius 1 is 1.16 bits per heavy atom. The van der Waals surface area contributed by atoms with Crippen molar-refractivity contribution in [2.45, 2.75) is 19.3 Å². The van der Waals surface area contributed by atoms with Gasteiger partial charge >= 0.3 is 5.69 Å². The van der Waals surface area contributed by atoms with Gasteiger partial charge < -0.3 is 4.98 Å². The van der Waals surface area contributed by atoms with Gasteiger partial charge in [0.05, 0.1) is 4.88 Å². The van der Waals surface area contributed by atoms with Crippen molar-refractivity contribution in [1.29, 1.82) is 0 Å². The Hall–Kier alpha value is -2.15. The van der Waals surface area contributed by atoms with E-state index >= 15 is 0 Å². The van der Waals surface area contributed by atoms with Crippen LogP contribution in [0, 0.1) is 0 Å². The Balaban J connectivity index is 1.93. The highest BCUT2D eigenvalue weighted by atomic mass is 32.1. The highest BCUT2D eigenvalue weighted by Crippen LogP contribution is 2.35. The van der Waals surface area contributed by atoms with Gasteiger partial charge in [0.2, 0.25) is 0 Å². The van der Waals surface area contributed by atoms with Crippen LogP contribution < -0.4 is 11.2 Å². The summed E-state index contributed by atoms with van der Waals surface area (Å²) in [5, 5.41) is 0. The zero-order chi connectivity index (χ0) is 13.0. The highest BCUT2D eigenvalue weighted by molar-refractivity contribution is 7.15. The molecule has 0 saturated heterocycles. The molecule has 0 amide bonds. The maximum atomic E-state index is 11.6. The first-order chi connectivity index (χ1) is 9.20. The van der Waals surface area contributed by atoms with E-state index in [2.05, 4.69) is 26.0 Å². The number of thiophene rings is 1. The smallest absolute Gasteiger partial charge is 0.327 e. The summed E-state index contributed by atoms with van der Waals surface area (Å²) in [5.74, 6) is 0.641. The van der Waals surface area contributed by atoms with Crippen LogP contribution in [0.15, 0.2) is 15.7 Å². The number of aromatic nitrogens is 4. The molecule has 0 aliphatic heterocycles. The molecule has 0 aromatic carbocycles. The number of hydrogen-bond acceptors (Lipinski definition) is 4. The quantitative estimate of drug-likeness (QED) is 0.621. The van der Waals surface area contributed by atoms with Crippen LogP contribution in [0.5, 0.6) is 0 Å². The molecule has 96 valence electrons. The topological polar surface area (TPSA) is 94.4 Å². The SMILES string of the molecule is O=c1[nH]c(=O)c2[nH]c(-c3cc4c(s3)CCC4)nc2[nH]1. The van der Waals surface area contributed by atoms with Crippen molar-refractivity contribution in [2.24, 2.45) is 0 Å². The summed E-state index contributed by atoms with van der Waals surface area (Å²) in [4.78, 5) is 37.2. The summed E-state index contributed by atoms with van der Waals surface area (Å²) in [6, 6.07) is 2.12. The predicted octanol–water partition coefficient (Wildman–Crippen LogP) is 1.16. The number of H-pyrrole nitrogens is 3. The van der Waals surface area contributed by atoms with E-state index in [1.165, 1.54) is 16.9 Å². The van der Waals surface area contributed by atoms with E-state index < -0.39 is 11.2 Å².